The van der Waals surface area contributed by atoms with E-state index in [0.29, 0.717) is 18.8 Å². The molecule has 4 heterocycles. The molecule has 26 heavy (non-hydrogen) atoms. The molecule has 0 N–H and O–H groups in total. The maximum atomic E-state index is 12.7. The highest BCUT2D eigenvalue weighted by molar-refractivity contribution is 7.20. The minimum absolute atomic E-state index is 0.0287. The van der Waals surface area contributed by atoms with E-state index in [1.54, 1.807) is 11.3 Å². The minimum Gasteiger partial charge on any atom is -0.361 e. The molecule has 0 unspecified atom stereocenters. The second-order valence-corrected chi connectivity index (χ2v) is 8.19. The molecule has 0 atom stereocenters. The number of amides is 1. The number of carbonyl (C=O) groups is 1. The summed E-state index contributed by atoms with van der Waals surface area (Å²) in [7, 11) is 0. The average molecular weight is 389 g/mol. The fraction of sp³-hybridized carbons (Fsp3) is 0.389. The standard InChI is InChI=1S/C18H20N4O2S2/c1-12-14(13(2)24-20-12)10-21-5-7-22(8-6-21)18(23)15-11-26-17(19-15)16-4-3-9-25-16/h3-4,9,11H,5-8,10H2,1-2H3. The van der Waals surface area contributed by atoms with Gasteiger partial charge in [0.25, 0.3) is 5.91 Å². The largest absolute Gasteiger partial charge is 0.361 e. The van der Waals surface area contributed by atoms with Crippen LogP contribution in [0.15, 0.2) is 27.4 Å². The van der Waals surface area contributed by atoms with Crippen LogP contribution in [0.5, 0.6) is 0 Å². The third-order valence-electron chi connectivity index (χ3n) is 4.68. The van der Waals surface area contributed by atoms with Gasteiger partial charge in [-0.15, -0.1) is 22.7 Å². The van der Waals surface area contributed by atoms with Crippen LogP contribution < -0.4 is 0 Å². The SMILES string of the molecule is Cc1noc(C)c1CN1CCN(C(=O)c2csc(-c3cccs3)n2)CC1. The van der Waals surface area contributed by atoms with Gasteiger partial charge in [0.05, 0.1) is 10.6 Å². The number of carbonyl (C=O) groups excluding carboxylic acids is 1. The summed E-state index contributed by atoms with van der Waals surface area (Å²) in [6, 6.07) is 4.03. The van der Waals surface area contributed by atoms with E-state index in [-0.39, 0.29) is 5.91 Å². The summed E-state index contributed by atoms with van der Waals surface area (Å²) in [4.78, 5) is 22.6. The van der Waals surface area contributed by atoms with Crippen LogP contribution in [0.25, 0.3) is 9.88 Å². The van der Waals surface area contributed by atoms with Crippen molar-refractivity contribution in [2.45, 2.75) is 20.4 Å². The Morgan fingerprint density at radius 1 is 1.23 bits per heavy atom. The summed E-state index contributed by atoms with van der Waals surface area (Å²) in [6.07, 6.45) is 0. The third-order valence-corrected chi connectivity index (χ3v) is 6.56. The summed E-state index contributed by atoms with van der Waals surface area (Å²) < 4.78 is 5.24. The van der Waals surface area contributed by atoms with E-state index in [0.717, 1.165) is 46.5 Å². The van der Waals surface area contributed by atoms with Crippen LogP contribution in [0.1, 0.15) is 27.5 Å². The van der Waals surface area contributed by atoms with E-state index in [1.807, 2.05) is 41.6 Å². The van der Waals surface area contributed by atoms with Crippen molar-refractivity contribution >= 4 is 28.6 Å². The quantitative estimate of drug-likeness (QED) is 0.685. The van der Waals surface area contributed by atoms with E-state index in [4.69, 9.17) is 4.52 Å². The zero-order valence-corrected chi connectivity index (χ0v) is 16.4. The Labute approximate surface area is 160 Å². The van der Waals surface area contributed by atoms with Gasteiger partial charge in [-0.05, 0) is 25.3 Å². The molecule has 8 heteroatoms. The lowest BCUT2D eigenvalue weighted by atomic mass is 10.1. The molecule has 1 fully saturated rings. The number of aromatic nitrogens is 2. The van der Waals surface area contributed by atoms with Gasteiger partial charge in [-0.3, -0.25) is 9.69 Å². The summed E-state index contributed by atoms with van der Waals surface area (Å²) >= 11 is 3.17. The van der Waals surface area contributed by atoms with E-state index >= 15 is 0 Å². The highest BCUT2D eigenvalue weighted by atomic mass is 32.1. The van der Waals surface area contributed by atoms with Crippen LogP contribution in [0.4, 0.5) is 0 Å². The Morgan fingerprint density at radius 2 is 2.04 bits per heavy atom. The first-order valence-electron chi connectivity index (χ1n) is 8.54. The molecule has 4 rings (SSSR count). The summed E-state index contributed by atoms with van der Waals surface area (Å²) in [5, 5.41) is 8.83. The Bertz CT molecular complexity index is 873. The Morgan fingerprint density at radius 3 is 2.69 bits per heavy atom. The van der Waals surface area contributed by atoms with Crippen molar-refractivity contribution in [1.82, 2.24) is 19.9 Å². The van der Waals surface area contributed by atoms with Crippen molar-refractivity contribution in [3.05, 3.63) is 45.6 Å². The molecule has 1 aliphatic heterocycles. The molecule has 0 radical (unpaired) electrons. The van der Waals surface area contributed by atoms with Crippen LogP contribution in [0.3, 0.4) is 0 Å². The molecule has 6 nitrogen and oxygen atoms in total. The molecule has 0 aliphatic carbocycles. The van der Waals surface area contributed by atoms with Gasteiger partial charge in [-0.25, -0.2) is 4.98 Å². The molecule has 0 aromatic carbocycles. The number of rotatable bonds is 4. The third kappa shape index (κ3) is 3.44. The van der Waals surface area contributed by atoms with Crippen LogP contribution >= 0.6 is 22.7 Å². The van der Waals surface area contributed by atoms with Crippen molar-refractivity contribution in [2.24, 2.45) is 0 Å². The molecule has 1 saturated heterocycles. The molecule has 1 amide bonds. The zero-order valence-electron chi connectivity index (χ0n) is 14.8. The number of piperazine rings is 1. The maximum absolute atomic E-state index is 12.7. The van der Waals surface area contributed by atoms with Gasteiger partial charge < -0.3 is 9.42 Å². The van der Waals surface area contributed by atoms with E-state index in [1.165, 1.54) is 11.3 Å². The van der Waals surface area contributed by atoms with Gasteiger partial charge in [0.1, 0.15) is 16.5 Å². The molecular weight excluding hydrogens is 368 g/mol. The van der Waals surface area contributed by atoms with Crippen molar-refractivity contribution in [1.29, 1.82) is 0 Å². The average Bonchev–Trinajstić information content (AvgIpc) is 3.39. The van der Waals surface area contributed by atoms with Crippen molar-refractivity contribution < 1.29 is 9.32 Å². The molecule has 3 aromatic rings. The highest BCUT2D eigenvalue weighted by Crippen LogP contribution is 2.28. The lowest BCUT2D eigenvalue weighted by Gasteiger charge is -2.34. The van der Waals surface area contributed by atoms with Gasteiger partial charge in [-0.2, -0.15) is 0 Å². The van der Waals surface area contributed by atoms with Gasteiger partial charge in [-0.1, -0.05) is 11.2 Å². The molecule has 3 aromatic heterocycles. The number of thiazole rings is 1. The van der Waals surface area contributed by atoms with Crippen LogP contribution in [-0.2, 0) is 6.54 Å². The molecule has 136 valence electrons. The zero-order chi connectivity index (χ0) is 18.1. The van der Waals surface area contributed by atoms with Crippen molar-refractivity contribution in [2.75, 3.05) is 26.2 Å². The monoisotopic (exact) mass is 388 g/mol. The van der Waals surface area contributed by atoms with Gasteiger partial charge >= 0.3 is 0 Å². The van der Waals surface area contributed by atoms with Crippen LogP contribution in [-0.4, -0.2) is 52.0 Å². The minimum atomic E-state index is 0.0287. The number of nitrogens with zero attached hydrogens (tertiary/aromatic N) is 4. The molecule has 0 saturated carbocycles. The Balaban J connectivity index is 1.36. The van der Waals surface area contributed by atoms with Crippen LogP contribution in [0, 0.1) is 13.8 Å². The first-order valence-corrected chi connectivity index (χ1v) is 10.3. The first kappa shape index (κ1) is 17.4. The number of hydrogen-bond donors (Lipinski definition) is 0. The Kier molecular flexibility index (Phi) is 4.88. The fourth-order valence-electron chi connectivity index (χ4n) is 3.11. The summed E-state index contributed by atoms with van der Waals surface area (Å²) in [5.41, 5.74) is 2.66. The van der Waals surface area contributed by atoms with Gasteiger partial charge in [0, 0.05) is 43.7 Å². The summed E-state index contributed by atoms with van der Waals surface area (Å²) in [5.74, 6) is 0.908. The first-order chi connectivity index (χ1) is 12.6. The molecule has 0 spiro atoms. The smallest absolute Gasteiger partial charge is 0.273 e. The van der Waals surface area contributed by atoms with E-state index in [9.17, 15) is 4.79 Å². The highest BCUT2D eigenvalue weighted by Gasteiger charge is 2.25. The van der Waals surface area contributed by atoms with Gasteiger partial charge in [0.15, 0.2) is 0 Å². The predicted molar refractivity (Wildman–Crippen MR) is 103 cm³/mol. The number of aryl methyl sites for hydroxylation is 2. The molecule has 1 aliphatic rings. The molecule has 0 bridgehead atoms. The topological polar surface area (TPSA) is 62.5 Å². The van der Waals surface area contributed by atoms with E-state index in [2.05, 4.69) is 15.0 Å². The van der Waals surface area contributed by atoms with Gasteiger partial charge in [0.2, 0.25) is 0 Å². The summed E-state index contributed by atoms with van der Waals surface area (Å²) in [6.45, 7) is 7.86. The van der Waals surface area contributed by atoms with Crippen molar-refractivity contribution in [3.8, 4) is 9.88 Å². The number of thiophene rings is 1. The lowest BCUT2D eigenvalue weighted by molar-refractivity contribution is 0.0622. The molecular formula is C18H20N4O2S2. The second-order valence-electron chi connectivity index (χ2n) is 6.39. The van der Waals surface area contributed by atoms with Crippen molar-refractivity contribution in [3.63, 3.8) is 0 Å². The van der Waals surface area contributed by atoms with Crippen LogP contribution in [0.2, 0.25) is 0 Å². The predicted octanol–water partition coefficient (Wildman–Crippen LogP) is 3.43. The second kappa shape index (κ2) is 7.30. The maximum Gasteiger partial charge on any atom is 0.273 e. The normalized spacial score (nSPS) is 15.5. The Hall–Kier alpha value is -2.03. The van der Waals surface area contributed by atoms with E-state index < -0.39 is 0 Å². The number of hydrogen-bond acceptors (Lipinski definition) is 7. The fourth-order valence-corrected chi connectivity index (χ4v) is 4.72. The lowest BCUT2D eigenvalue weighted by Crippen LogP contribution is -2.48.